The van der Waals surface area contributed by atoms with Gasteiger partial charge in [0.15, 0.2) is 10.9 Å². The number of aromatic nitrogens is 4. The molecule has 0 spiro atoms. The van der Waals surface area contributed by atoms with Crippen molar-refractivity contribution < 1.29 is 27.2 Å². The second-order valence-electron chi connectivity index (χ2n) is 8.88. The van der Waals surface area contributed by atoms with Crippen molar-refractivity contribution in [1.82, 2.24) is 19.9 Å². The van der Waals surface area contributed by atoms with Gasteiger partial charge in [-0.05, 0) is 32.6 Å². The van der Waals surface area contributed by atoms with Gasteiger partial charge in [0.25, 0.3) is 0 Å². The lowest BCUT2D eigenvalue weighted by atomic mass is 10.1. The lowest BCUT2D eigenvalue weighted by molar-refractivity contribution is -0.158. The number of thioether (sulfide) groups is 1. The highest BCUT2D eigenvalue weighted by molar-refractivity contribution is 7.98. The maximum atomic E-state index is 12.1. The summed E-state index contributed by atoms with van der Waals surface area (Å²) < 4.78 is 42.6. The third-order valence-corrected chi connectivity index (χ3v) is 7.87. The fourth-order valence-corrected chi connectivity index (χ4v) is 6.22. The summed E-state index contributed by atoms with van der Waals surface area (Å²) in [6.45, 7) is 3.64. The number of rotatable bonds is 7. The molecule has 1 aliphatic heterocycles. The van der Waals surface area contributed by atoms with Gasteiger partial charge in [0.1, 0.15) is 28.0 Å². The van der Waals surface area contributed by atoms with Gasteiger partial charge in [0, 0.05) is 18.7 Å². The average molecular weight is 540 g/mol. The van der Waals surface area contributed by atoms with Crippen molar-refractivity contribution in [2.24, 2.45) is 5.92 Å². The van der Waals surface area contributed by atoms with Gasteiger partial charge < -0.3 is 24.1 Å². The molecule has 5 rings (SSSR count). The van der Waals surface area contributed by atoms with E-state index in [-0.39, 0.29) is 36.7 Å². The molecule has 2 aliphatic rings. The summed E-state index contributed by atoms with van der Waals surface area (Å²) in [6, 6.07) is 1.57. The summed E-state index contributed by atoms with van der Waals surface area (Å²) >= 11 is 2.61. The number of fused-ring (bicyclic) bond motifs is 2. The zero-order valence-corrected chi connectivity index (χ0v) is 21.9. The van der Waals surface area contributed by atoms with E-state index in [1.807, 2.05) is 19.9 Å². The van der Waals surface area contributed by atoms with E-state index in [9.17, 15) is 13.5 Å². The largest absolute Gasteiger partial charge is 0.396 e. The molecule has 188 valence electrons. The number of aliphatic hydroxyl groups is 1. The quantitative estimate of drug-likeness (QED) is 0.258. The second kappa shape index (κ2) is 9.09. The predicted molar refractivity (Wildman–Crippen MR) is 132 cm³/mol. The van der Waals surface area contributed by atoms with E-state index in [0.717, 1.165) is 11.0 Å². The molecule has 1 saturated heterocycles. The molecule has 1 saturated carbocycles. The number of thiazole rings is 1. The number of pyridine rings is 1. The Labute approximate surface area is 210 Å². The number of aliphatic hydroxyl groups excluding tert-OH is 1. The number of hydrogen-bond acceptors (Lipinski definition) is 13. The first-order valence-corrected chi connectivity index (χ1v) is 14.7. The van der Waals surface area contributed by atoms with Crippen LogP contribution in [-0.2, 0) is 19.6 Å². The maximum Gasteiger partial charge on any atom is 0.307 e. The SMILES string of the molecule is CSc1nc(N[C@@H]2C[C@H](CO)C3OC(C)(C)O[C@H]32)c(-c2nc3cnccc3s2)c(OS(C)(=O)=O)n1. The molecule has 2 N–H and O–H groups in total. The molecule has 1 aliphatic carbocycles. The Morgan fingerprint density at radius 1 is 1.29 bits per heavy atom. The zero-order valence-electron chi connectivity index (χ0n) is 19.5. The Hall–Kier alpha value is -2.10. The summed E-state index contributed by atoms with van der Waals surface area (Å²) in [7, 11) is -3.89. The van der Waals surface area contributed by atoms with Crippen molar-refractivity contribution in [2.45, 2.75) is 49.5 Å². The first-order chi connectivity index (χ1) is 16.6. The van der Waals surface area contributed by atoms with E-state index in [1.165, 1.54) is 23.1 Å². The van der Waals surface area contributed by atoms with E-state index in [0.29, 0.717) is 33.5 Å². The van der Waals surface area contributed by atoms with E-state index in [4.69, 9.17) is 13.7 Å². The van der Waals surface area contributed by atoms with Gasteiger partial charge in [-0.25, -0.2) is 9.97 Å². The Kier molecular flexibility index (Phi) is 6.38. The van der Waals surface area contributed by atoms with Crippen LogP contribution < -0.4 is 9.50 Å². The van der Waals surface area contributed by atoms with E-state index < -0.39 is 15.9 Å². The van der Waals surface area contributed by atoms with Crippen LogP contribution in [0.2, 0.25) is 0 Å². The van der Waals surface area contributed by atoms with Gasteiger partial charge in [-0.15, -0.1) is 11.3 Å². The molecule has 4 atom stereocenters. The minimum Gasteiger partial charge on any atom is -0.396 e. The molecule has 3 aromatic rings. The van der Waals surface area contributed by atoms with Crippen LogP contribution in [0.5, 0.6) is 5.88 Å². The van der Waals surface area contributed by atoms with Gasteiger partial charge in [-0.1, -0.05) is 11.8 Å². The summed E-state index contributed by atoms with van der Waals surface area (Å²) in [6.07, 6.45) is 6.02. The Bertz CT molecular complexity index is 1330. The standard InChI is InChI=1S/C21H25N5O6S3/c1-21(2)30-15-10(9-27)7-11(16(15)31-21)23-17-14(19-24-12-8-22-6-5-13(12)34-19)18(32-35(4,28)29)26-20(25-17)33-3/h5-6,8,10-11,15-16,27H,7,9H2,1-4H3,(H,23,25,26)/t10-,11-,15?,16+/m1/s1. The van der Waals surface area contributed by atoms with E-state index in [1.54, 1.807) is 18.6 Å². The number of hydrogen-bond donors (Lipinski definition) is 2. The third kappa shape index (κ3) is 4.95. The van der Waals surface area contributed by atoms with Crippen LogP contribution >= 0.6 is 23.1 Å². The van der Waals surface area contributed by atoms with Gasteiger partial charge in [-0.2, -0.15) is 13.4 Å². The molecule has 1 unspecified atom stereocenters. The first-order valence-electron chi connectivity index (χ1n) is 10.9. The zero-order chi connectivity index (χ0) is 25.0. The van der Waals surface area contributed by atoms with Crippen molar-refractivity contribution in [3.8, 4) is 16.5 Å². The maximum absolute atomic E-state index is 12.1. The van der Waals surface area contributed by atoms with Crippen molar-refractivity contribution in [1.29, 1.82) is 0 Å². The molecule has 4 heterocycles. The Morgan fingerprint density at radius 2 is 2.06 bits per heavy atom. The average Bonchev–Trinajstić information content (AvgIpc) is 3.43. The molecular formula is C21H25N5O6S3. The summed E-state index contributed by atoms with van der Waals surface area (Å²) in [5.74, 6) is -0.652. The van der Waals surface area contributed by atoms with Crippen LogP contribution in [0.4, 0.5) is 5.82 Å². The first kappa shape index (κ1) is 24.6. The van der Waals surface area contributed by atoms with E-state index in [2.05, 4.69) is 25.3 Å². The molecule has 35 heavy (non-hydrogen) atoms. The summed E-state index contributed by atoms with van der Waals surface area (Å²) in [4.78, 5) is 17.8. The van der Waals surface area contributed by atoms with E-state index >= 15 is 0 Å². The van der Waals surface area contributed by atoms with Crippen LogP contribution in [0.1, 0.15) is 20.3 Å². The Morgan fingerprint density at radius 3 is 2.74 bits per heavy atom. The highest BCUT2D eigenvalue weighted by atomic mass is 32.2. The molecule has 0 radical (unpaired) electrons. The minimum absolute atomic E-state index is 0.0429. The molecule has 0 amide bonds. The monoisotopic (exact) mass is 539 g/mol. The van der Waals surface area contributed by atoms with Crippen molar-refractivity contribution in [3.05, 3.63) is 18.5 Å². The lowest BCUT2D eigenvalue weighted by Crippen LogP contribution is -2.35. The molecular weight excluding hydrogens is 514 g/mol. The van der Waals surface area contributed by atoms with Gasteiger partial charge in [0.2, 0.25) is 5.88 Å². The van der Waals surface area contributed by atoms with Crippen molar-refractivity contribution in [3.63, 3.8) is 0 Å². The van der Waals surface area contributed by atoms with Crippen molar-refractivity contribution in [2.75, 3.05) is 24.4 Å². The number of nitrogens with one attached hydrogen (secondary N) is 1. The third-order valence-electron chi connectivity index (χ3n) is 5.81. The van der Waals surface area contributed by atoms with Gasteiger partial charge in [-0.3, -0.25) is 4.98 Å². The summed E-state index contributed by atoms with van der Waals surface area (Å²) in [5, 5.41) is 14.2. The molecule has 0 bridgehead atoms. The number of nitrogens with zero attached hydrogens (tertiary/aromatic N) is 4. The molecule has 14 heteroatoms. The van der Waals surface area contributed by atoms with Crippen LogP contribution in [0.3, 0.4) is 0 Å². The number of anilines is 1. The molecule has 11 nitrogen and oxygen atoms in total. The van der Waals surface area contributed by atoms with Crippen LogP contribution in [-0.4, -0.2) is 76.6 Å². The van der Waals surface area contributed by atoms with Crippen molar-refractivity contribution >= 4 is 49.3 Å². The molecule has 2 fully saturated rings. The van der Waals surface area contributed by atoms with Gasteiger partial charge >= 0.3 is 10.1 Å². The Balaban J connectivity index is 1.62. The van der Waals surface area contributed by atoms with Crippen LogP contribution in [0.25, 0.3) is 20.8 Å². The van der Waals surface area contributed by atoms with Crippen LogP contribution in [0.15, 0.2) is 23.6 Å². The fourth-order valence-electron chi connectivity index (χ4n) is 4.48. The smallest absolute Gasteiger partial charge is 0.307 e. The number of ether oxygens (including phenoxy) is 2. The fraction of sp³-hybridized carbons (Fsp3) is 0.524. The normalized spacial score (nSPS) is 25.6. The van der Waals surface area contributed by atoms with Gasteiger partial charge in [0.05, 0.1) is 29.3 Å². The topological polar surface area (TPSA) is 146 Å². The highest BCUT2D eigenvalue weighted by Gasteiger charge is 2.54. The van der Waals surface area contributed by atoms with Crippen LogP contribution in [0, 0.1) is 5.92 Å². The molecule has 0 aromatic carbocycles. The lowest BCUT2D eigenvalue weighted by Gasteiger charge is -2.24. The minimum atomic E-state index is -3.89. The predicted octanol–water partition coefficient (Wildman–Crippen LogP) is 2.52. The molecule has 3 aromatic heterocycles. The second-order valence-corrected chi connectivity index (χ2v) is 12.3. The highest BCUT2D eigenvalue weighted by Crippen LogP contribution is 2.45. The summed E-state index contributed by atoms with van der Waals surface area (Å²) in [5.41, 5.74) is 0.991.